The van der Waals surface area contributed by atoms with Crippen molar-refractivity contribution in [3.05, 3.63) is 72.6 Å². The zero-order chi connectivity index (χ0) is 13.8. The van der Waals surface area contributed by atoms with E-state index in [2.05, 4.69) is 20.4 Å². The van der Waals surface area contributed by atoms with Crippen LogP contribution >= 0.6 is 0 Å². The van der Waals surface area contributed by atoms with Crippen molar-refractivity contribution in [2.75, 3.05) is 7.05 Å². The number of aromatic nitrogens is 4. The summed E-state index contributed by atoms with van der Waals surface area (Å²) in [7, 11) is 1.89. The summed E-state index contributed by atoms with van der Waals surface area (Å²) >= 11 is 0. The lowest BCUT2D eigenvalue weighted by Gasteiger charge is -2.12. The highest BCUT2D eigenvalue weighted by molar-refractivity contribution is 5.31. The van der Waals surface area contributed by atoms with Crippen LogP contribution in [0.3, 0.4) is 0 Å². The summed E-state index contributed by atoms with van der Waals surface area (Å²) in [5, 5.41) is 7.84. The summed E-state index contributed by atoms with van der Waals surface area (Å²) in [6, 6.07) is 11.9. The number of nitrogens with zero attached hydrogens (tertiary/aromatic N) is 4. The average molecular weight is 265 g/mol. The van der Waals surface area contributed by atoms with Crippen molar-refractivity contribution in [1.29, 1.82) is 0 Å². The van der Waals surface area contributed by atoms with E-state index in [1.54, 1.807) is 18.6 Å². The van der Waals surface area contributed by atoms with Gasteiger partial charge < -0.3 is 5.32 Å². The molecule has 0 aliphatic heterocycles. The van der Waals surface area contributed by atoms with E-state index >= 15 is 0 Å². The van der Waals surface area contributed by atoms with Crippen molar-refractivity contribution in [3.63, 3.8) is 0 Å². The number of nitrogens with one attached hydrogen (secondary N) is 1. The highest BCUT2D eigenvalue weighted by atomic mass is 15.3. The van der Waals surface area contributed by atoms with E-state index in [9.17, 15) is 0 Å². The Hall–Kier alpha value is -2.53. The van der Waals surface area contributed by atoms with Crippen molar-refractivity contribution >= 4 is 0 Å². The van der Waals surface area contributed by atoms with Crippen LogP contribution in [0.5, 0.6) is 0 Å². The Morgan fingerprint density at radius 3 is 2.60 bits per heavy atom. The Morgan fingerprint density at radius 2 is 1.90 bits per heavy atom. The summed E-state index contributed by atoms with van der Waals surface area (Å²) in [5.41, 5.74) is 2.80. The molecule has 1 atom stereocenters. The maximum atomic E-state index is 4.61. The summed E-state index contributed by atoms with van der Waals surface area (Å²) in [5.74, 6) is 0. The quantitative estimate of drug-likeness (QED) is 0.783. The SMILES string of the molecule is CNC(c1cnccn1)c1ccn(-c2ccccc2)n1. The van der Waals surface area contributed by atoms with Crippen molar-refractivity contribution in [2.45, 2.75) is 6.04 Å². The molecule has 3 rings (SSSR count). The van der Waals surface area contributed by atoms with Crippen LogP contribution < -0.4 is 5.32 Å². The molecule has 2 heterocycles. The minimum Gasteiger partial charge on any atom is -0.307 e. The van der Waals surface area contributed by atoms with Gasteiger partial charge in [-0.3, -0.25) is 9.97 Å². The van der Waals surface area contributed by atoms with Crippen LogP contribution in [0.2, 0.25) is 0 Å². The van der Waals surface area contributed by atoms with Crippen LogP contribution in [0.25, 0.3) is 5.69 Å². The van der Waals surface area contributed by atoms with Crippen molar-refractivity contribution < 1.29 is 0 Å². The first-order valence-corrected chi connectivity index (χ1v) is 6.42. The number of hydrogen-bond acceptors (Lipinski definition) is 4. The van der Waals surface area contributed by atoms with E-state index in [1.807, 2.05) is 54.3 Å². The van der Waals surface area contributed by atoms with Gasteiger partial charge in [-0.1, -0.05) is 18.2 Å². The third-order valence-electron chi connectivity index (χ3n) is 3.09. The maximum absolute atomic E-state index is 4.61. The van der Waals surface area contributed by atoms with E-state index in [-0.39, 0.29) is 6.04 Å². The standard InChI is InChI=1S/C15H15N5/c1-16-15(14-11-17-8-9-18-14)13-7-10-20(19-13)12-5-3-2-4-6-12/h2-11,15-16H,1H3. The van der Waals surface area contributed by atoms with Gasteiger partial charge in [-0.25, -0.2) is 4.68 Å². The summed E-state index contributed by atoms with van der Waals surface area (Å²) in [6.45, 7) is 0. The van der Waals surface area contributed by atoms with Gasteiger partial charge in [0.1, 0.15) is 0 Å². The van der Waals surface area contributed by atoms with Gasteiger partial charge in [0.05, 0.1) is 29.3 Å². The van der Waals surface area contributed by atoms with Gasteiger partial charge in [0.2, 0.25) is 0 Å². The van der Waals surface area contributed by atoms with Crippen LogP contribution in [0, 0.1) is 0 Å². The molecule has 0 bridgehead atoms. The molecule has 1 N–H and O–H groups in total. The smallest absolute Gasteiger partial charge is 0.0957 e. The minimum absolute atomic E-state index is 0.0614. The maximum Gasteiger partial charge on any atom is 0.0957 e. The molecular weight excluding hydrogens is 250 g/mol. The van der Waals surface area contributed by atoms with Gasteiger partial charge in [0.25, 0.3) is 0 Å². The fraction of sp³-hybridized carbons (Fsp3) is 0.133. The molecule has 2 aromatic heterocycles. The van der Waals surface area contributed by atoms with Crippen LogP contribution in [-0.4, -0.2) is 26.8 Å². The van der Waals surface area contributed by atoms with Crippen LogP contribution in [-0.2, 0) is 0 Å². The fourth-order valence-corrected chi connectivity index (χ4v) is 2.12. The van der Waals surface area contributed by atoms with Crippen LogP contribution in [0.4, 0.5) is 0 Å². The molecule has 20 heavy (non-hydrogen) atoms. The van der Waals surface area contributed by atoms with Crippen molar-refractivity contribution in [3.8, 4) is 5.69 Å². The highest BCUT2D eigenvalue weighted by Crippen LogP contribution is 2.18. The molecule has 3 aromatic rings. The number of hydrogen-bond donors (Lipinski definition) is 1. The van der Waals surface area contributed by atoms with Crippen LogP contribution in [0.1, 0.15) is 17.4 Å². The lowest BCUT2D eigenvalue weighted by Crippen LogP contribution is -2.19. The van der Waals surface area contributed by atoms with E-state index in [0.29, 0.717) is 0 Å². The first-order chi connectivity index (χ1) is 9.88. The molecule has 1 unspecified atom stereocenters. The van der Waals surface area contributed by atoms with E-state index in [4.69, 9.17) is 0 Å². The number of para-hydroxylation sites is 1. The normalized spacial score (nSPS) is 12.2. The third-order valence-corrected chi connectivity index (χ3v) is 3.09. The zero-order valence-electron chi connectivity index (χ0n) is 11.1. The molecule has 1 aromatic carbocycles. The van der Waals surface area contributed by atoms with Gasteiger partial charge >= 0.3 is 0 Å². The first kappa shape index (κ1) is 12.5. The monoisotopic (exact) mass is 265 g/mol. The molecule has 0 spiro atoms. The molecule has 0 aliphatic rings. The van der Waals surface area contributed by atoms with Crippen molar-refractivity contribution in [1.82, 2.24) is 25.1 Å². The molecule has 0 radical (unpaired) electrons. The molecular formula is C15H15N5. The zero-order valence-corrected chi connectivity index (χ0v) is 11.1. The first-order valence-electron chi connectivity index (χ1n) is 6.42. The van der Waals surface area contributed by atoms with E-state index in [1.165, 1.54) is 0 Å². The summed E-state index contributed by atoms with van der Waals surface area (Å²) < 4.78 is 1.86. The number of benzene rings is 1. The molecule has 0 saturated carbocycles. The van der Waals surface area contributed by atoms with Gasteiger partial charge in [0, 0.05) is 18.6 Å². The lowest BCUT2D eigenvalue weighted by molar-refractivity contribution is 0.637. The summed E-state index contributed by atoms with van der Waals surface area (Å²) in [4.78, 5) is 8.44. The minimum atomic E-state index is -0.0614. The second-order valence-electron chi connectivity index (χ2n) is 4.37. The summed E-state index contributed by atoms with van der Waals surface area (Å²) in [6.07, 6.45) is 7.06. The predicted octanol–water partition coefficient (Wildman–Crippen LogP) is 1.97. The van der Waals surface area contributed by atoms with Crippen molar-refractivity contribution in [2.24, 2.45) is 0 Å². The third kappa shape index (κ3) is 2.44. The highest BCUT2D eigenvalue weighted by Gasteiger charge is 2.16. The molecule has 0 fully saturated rings. The Balaban J connectivity index is 1.93. The largest absolute Gasteiger partial charge is 0.307 e. The van der Waals surface area contributed by atoms with Gasteiger partial charge in [-0.2, -0.15) is 5.10 Å². The Labute approximate surface area is 117 Å². The van der Waals surface area contributed by atoms with Crippen LogP contribution in [0.15, 0.2) is 61.2 Å². The lowest BCUT2D eigenvalue weighted by atomic mass is 10.1. The molecule has 5 heteroatoms. The molecule has 100 valence electrons. The van der Waals surface area contributed by atoms with Gasteiger partial charge in [-0.05, 0) is 25.2 Å². The fourth-order valence-electron chi connectivity index (χ4n) is 2.12. The van der Waals surface area contributed by atoms with Gasteiger partial charge in [-0.15, -0.1) is 0 Å². The van der Waals surface area contributed by atoms with E-state index in [0.717, 1.165) is 17.1 Å². The Morgan fingerprint density at radius 1 is 1.05 bits per heavy atom. The predicted molar refractivity (Wildman–Crippen MR) is 76.5 cm³/mol. The molecule has 0 amide bonds. The second-order valence-corrected chi connectivity index (χ2v) is 4.37. The Bertz CT molecular complexity index is 663. The van der Waals surface area contributed by atoms with E-state index < -0.39 is 0 Å². The number of rotatable bonds is 4. The topological polar surface area (TPSA) is 55.6 Å². The van der Waals surface area contributed by atoms with Gasteiger partial charge in [0.15, 0.2) is 0 Å². The average Bonchev–Trinajstić information content (AvgIpc) is 3.00. The Kier molecular flexibility index (Phi) is 3.52. The molecule has 0 aliphatic carbocycles. The second kappa shape index (κ2) is 5.63. The molecule has 5 nitrogen and oxygen atoms in total. The molecule has 0 saturated heterocycles.